The summed E-state index contributed by atoms with van der Waals surface area (Å²) in [4.78, 5) is 0. The Kier molecular flexibility index (Phi) is 5.77. The molecule has 112 valence electrons. The van der Waals surface area contributed by atoms with E-state index in [4.69, 9.17) is 11.6 Å². The Labute approximate surface area is 131 Å². The molecule has 3 heteroatoms. The van der Waals surface area contributed by atoms with Gasteiger partial charge >= 0.3 is 0 Å². The predicted molar refractivity (Wildman–Crippen MR) is 87.3 cm³/mol. The van der Waals surface area contributed by atoms with Crippen LogP contribution in [0.5, 0.6) is 0 Å². The molecule has 0 bridgehead atoms. The van der Waals surface area contributed by atoms with Crippen LogP contribution >= 0.6 is 11.6 Å². The predicted octanol–water partition coefficient (Wildman–Crippen LogP) is 5.07. The molecule has 1 unspecified atom stereocenters. The van der Waals surface area contributed by atoms with Crippen LogP contribution < -0.4 is 5.32 Å². The molecule has 0 amide bonds. The first-order chi connectivity index (χ1) is 10.1. The summed E-state index contributed by atoms with van der Waals surface area (Å²) in [7, 11) is 0. The molecule has 2 aromatic carbocycles. The van der Waals surface area contributed by atoms with Crippen molar-refractivity contribution in [3.05, 3.63) is 70.0 Å². The van der Waals surface area contributed by atoms with E-state index in [9.17, 15) is 4.39 Å². The Balaban J connectivity index is 2.25. The highest BCUT2D eigenvalue weighted by molar-refractivity contribution is 6.30. The fourth-order valence-electron chi connectivity index (χ4n) is 2.40. The Hall–Kier alpha value is -1.38. The Bertz CT molecular complexity index is 580. The van der Waals surface area contributed by atoms with Crippen LogP contribution in [-0.2, 0) is 6.42 Å². The monoisotopic (exact) mass is 305 g/mol. The van der Waals surface area contributed by atoms with Crippen molar-refractivity contribution in [2.75, 3.05) is 6.54 Å². The van der Waals surface area contributed by atoms with Crippen molar-refractivity contribution in [1.82, 2.24) is 5.32 Å². The molecular weight excluding hydrogens is 285 g/mol. The van der Waals surface area contributed by atoms with Crippen molar-refractivity contribution >= 4 is 11.6 Å². The van der Waals surface area contributed by atoms with E-state index in [1.165, 1.54) is 0 Å². The zero-order valence-corrected chi connectivity index (χ0v) is 13.3. The van der Waals surface area contributed by atoms with Gasteiger partial charge in [0.2, 0.25) is 0 Å². The number of aryl methyl sites for hydroxylation is 1. The fourth-order valence-corrected chi connectivity index (χ4v) is 2.52. The van der Waals surface area contributed by atoms with Gasteiger partial charge in [-0.15, -0.1) is 0 Å². The molecule has 0 saturated heterocycles. The van der Waals surface area contributed by atoms with Gasteiger partial charge < -0.3 is 5.32 Å². The second-order valence-electron chi connectivity index (χ2n) is 5.36. The summed E-state index contributed by atoms with van der Waals surface area (Å²) in [5.74, 6) is -0.150. The third kappa shape index (κ3) is 4.55. The Morgan fingerprint density at radius 3 is 2.52 bits per heavy atom. The second-order valence-corrected chi connectivity index (χ2v) is 5.80. The molecule has 0 aliphatic carbocycles. The van der Waals surface area contributed by atoms with Crippen LogP contribution in [0, 0.1) is 12.7 Å². The lowest BCUT2D eigenvalue weighted by Crippen LogP contribution is -2.25. The van der Waals surface area contributed by atoms with Crippen LogP contribution in [0.1, 0.15) is 36.1 Å². The Morgan fingerprint density at radius 2 is 1.86 bits per heavy atom. The maximum absolute atomic E-state index is 14.2. The Morgan fingerprint density at radius 1 is 1.14 bits per heavy atom. The first-order valence-corrected chi connectivity index (χ1v) is 7.72. The lowest BCUT2D eigenvalue weighted by Gasteiger charge is -2.20. The zero-order valence-electron chi connectivity index (χ0n) is 12.5. The number of halogens is 2. The molecule has 2 rings (SSSR count). The normalized spacial score (nSPS) is 12.4. The van der Waals surface area contributed by atoms with Gasteiger partial charge in [0.15, 0.2) is 0 Å². The molecule has 1 N–H and O–H groups in total. The smallest absolute Gasteiger partial charge is 0.128 e. The minimum Gasteiger partial charge on any atom is -0.310 e. The van der Waals surface area contributed by atoms with E-state index in [1.807, 2.05) is 37.3 Å². The first kappa shape index (κ1) is 16.0. The lowest BCUT2D eigenvalue weighted by atomic mass is 9.97. The summed E-state index contributed by atoms with van der Waals surface area (Å²) in [5, 5.41) is 4.16. The van der Waals surface area contributed by atoms with E-state index in [1.54, 1.807) is 12.1 Å². The maximum atomic E-state index is 14.2. The van der Waals surface area contributed by atoms with Gasteiger partial charge in [-0.2, -0.15) is 0 Å². The lowest BCUT2D eigenvalue weighted by molar-refractivity contribution is 0.496. The van der Waals surface area contributed by atoms with Crippen molar-refractivity contribution in [2.45, 2.75) is 32.7 Å². The summed E-state index contributed by atoms with van der Waals surface area (Å²) >= 11 is 5.92. The van der Waals surface area contributed by atoms with Gasteiger partial charge in [0, 0.05) is 16.6 Å². The molecule has 0 fully saturated rings. The second kappa shape index (κ2) is 7.58. The average molecular weight is 306 g/mol. The van der Waals surface area contributed by atoms with Crippen LogP contribution in [0.15, 0.2) is 42.5 Å². The molecule has 1 nitrogen and oxygen atoms in total. The number of benzene rings is 2. The largest absolute Gasteiger partial charge is 0.310 e. The molecule has 0 radical (unpaired) electrons. The maximum Gasteiger partial charge on any atom is 0.128 e. The van der Waals surface area contributed by atoms with Gasteiger partial charge in [-0.05, 0) is 50.1 Å². The van der Waals surface area contributed by atoms with E-state index in [0.29, 0.717) is 0 Å². The highest BCUT2D eigenvalue weighted by Crippen LogP contribution is 2.23. The summed E-state index contributed by atoms with van der Waals surface area (Å²) in [5.41, 5.74) is 2.96. The van der Waals surface area contributed by atoms with E-state index in [0.717, 1.165) is 41.1 Å². The number of hydrogen-bond acceptors (Lipinski definition) is 1. The third-order valence-corrected chi connectivity index (χ3v) is 3.77. The van der Waals surface area contributed by atoms with Gasteiger partial charge in [0.1, 0.15) is 5.82 Å². The highest BCUT2D eigenvalue weighted by atomic mass is 35.5. The van der Waals surface area contributed by atoms with Gasteiger partial charge in [-0.25, -0.2) is 4.39 Å². The van der Waals surface area contributed by atoms with Crippen molar-refractivity contribution in [3.8, 4) is 0 Å². The van der Waals surface area contributed by atoms with Gasteiger partial charge in [0.25, 0.3) is 0 Å². The fraction of sp³-hybridized carbons (Fsp3) is 0.333. The van der Waals surface area contributed by atoms with Gasteiger partial charge in [-0.1, -0.05) is 48.4 Å². The van der Waals surface area contributed by atoms with E-state index in [2.05, 4.69) is 12.2 Å². The van der Waals surface area contributed by atoms with Crippen molar-refractivity contribution in [3.63, 3.8) is 0 Å². The molecule has 0 aliphatic heterocycles. The zero-order chi connectivity index (χ0) is 15.2. The van der Waals surface area contributed by atoms with Crippen molar-refractivity contribution < 1.29 is 4.39 Å². The first-order valence-electron chi connectivity index (χ1n) is 7.34. The number of nitrogens with one attached hydrogen (secondary N) is 1. The molecule has 0 saturated carbocycles. The molecule has 0 aliphatic rings. The average Bonchev–Trinajstić information content (AvgIpc) is 2.48. The van der Waals surface area contributed by atoms with Gasteiger partial charge in [0.05, 0.1) is 0 Å². The topological polar surface area (TPSA) is 12.0 Å². The van der Waals surface area contributed by atoms with Crippen LogP contribution in [0.4, 0.5) is 4.39 Å². The van der Waals surface area contributed by atoms with E-state index >= 15 is 0 Å². The molecular formula is C18H21ClFN. The summed E-state index contributed by atoms with van der Waals surface area (Å²) in [6.45, 7) is 4.96. The van der Waals surface area contributed by atoms with E-state index < -0.39 is 0 Å². The summed E-state index contributed by atoms with van der Waals surface area (Å²) in [6, 6.07) is 13.0. The molecule has 0 aromatic heterocycles. The molecule has 2 aromatic rings. The number of hydrogen-bond donors (Lipinski definition) is 1. The minimum absolute atomic E-state index is 0.0222. The van der Waals surface area contributed by atoms with Crippen LogP contribution in [0.2, 0.25) is 5.02 Å². The third-order valence-electron chi connectivity index (χ3n) is 3.52. The van der Waals surface area contributed by atoms with E-state index in [-0.39, 0.29) is 11.9 Å². The molecule has 21 heavy (non-hydrogen) atoms. The molecule has 0 heterocycles. The van der Waals surface area contributed by atoms with Crippen LogP contribution in [0.3, 0.4) is 0 Å². The van der Waals surface area contributed by atoms with Crippen LogP contribution in [-0.4, -0.2) is 6.54 Å². The quantitative estimate of drug-likeness (QED) is 0.785. The van der Waals surface area contributed by atoms with Gasteiger partial charge in [-0.3, -0.25) is 0 Å². The summed E-state index contributed by atoms with van der Waals surface area (Å²) < 4.78 is 14.2. The minimum atomic E-state index is -0.150. The molecule has 1 atom stereocenters. The number of rotatable bonds is 6. The van der Waals surface area contributed by atoms with Crippen molar-refractivity contribution in [2.24, 2.45) is 0 Å². The SMILES string of the molecule is CCCNC(Cc1ccc(Cl)cc1)c1cc(C)ccc1F. The highest BCUT2D eigenvalue weighted by Gasteiger charge is 2.16. The summed E-state index contributed by atoms with van der Waals surface area (Å²) in [6.07, 6.45) is 1.77. The van der Waals surface area contributed by atoms with Crippen LogP contribution in [0.25, 0.3) is 0 Å². The van der Waals surface area contributed by atoms with Crippen molar-refractivity contribution in [1.29, 1.82) is 0 Å². The molecule has 0 spiro atoms. The standard InChI is InChI=1S/C18H21ClFN/c1-3-10-21-18(12-14-5-7-15(19)8-6-14)16-11-13(2)4-9-17(16)20/h4-9,11,18,21H,3,10,12H2,1-2H3.